The molecule has 0 unspecified atom stereocenters. The summed E-state index contributed by atoms with van der Waals surface area (Å²) >= 11 is 6.03. The predicted molar refractivity (Wildman–Crippen MR) is 128 cm³/mol. The maximum absolute atomic E-state index is 12.8. The molecular weight excluding hydrogens is 424 g/mol. The van der Waals surface area contributed by atoms with Crippen molar-refractivity contribution >= 4 is 34.5 Å². The normalized spacial score (nSPS) is 11.3. The number of benzene rings is 3. The Labute approximate surface area is 188 Å². The van der Waals surface area contributed by atoms with E-state index in [-0.39, 0.29) is 0 Å². The van der Waals surface area contributed by atoms with Gasteiger partial charge in [-0.25, -0.2) is 9.48 Å². The monoisotopic (exact) mass is 440 g/mol. The number of halogens is 1. The molecule has 32 heavy (non-hydrogen) atoms. The second kappa shape index (κ2) is 8.53. The van der Waals surface area contributed by atoms with E-state index in [1.165, 1.54) is 0 Å². The van der Waals surface area contributed by atoms with E-state index in [9.17, 15) is 4.79 Å². The Morgan fingerprint density at radius 1 is 0.969 bits per heavy atom. The van der Waals surface area contributed by atoms with E-state index >= 15 is 0 Å². The molecule has 0 amide bonds. The quantitative estimate of drug-likeness (QED) is 0.215. The van der Waals surface area contributed by atoms with Crippen LogP contribution >= 0.6 is 11.6 Å². The van der Waals surface area contributed by atoms with Crippen LogP contribution in [0.4, 0.5) is 5.69 Å². The molecule has 1 N–H and O–H groups in total. The van der Waals surface area contributed by atoms with Crippen molar-refractivity contribution in [2.75, 3.05) is 5.43 Å². The van der Waals surface area contributed by atoms with Crippen LogP contribution in [0.25, 0.3) is 27.9 Å². The van der Waals surface area contributed by atoms with Crippen LogP contribution in [0, 0.1) is 0 Å². The topological polar surface area (TPSA) is 72.4 Å². The fraction of sp³-hybridized carbons (Fsp3) is 0. The van der Waals surface area contributed by atoms with Gasteiger partial charge in [0.25, 0.3) is 0 Å². The molecule has 0 saturated heterocycles. The highest BCUT2D eigenvalue weighted by Crippen LogP contribution is 2.24. The summed E-state index contributed by atoms with van der Waals surface area (Å²) in [4.78, 5) is 12.8. The van der Waals surface area contributed by atoms with Crippen molar-refractivity contribution in [1.82, 2.24) is 9.78 Å². The summed E-state index contributed by atoms with van der Waals surface area (Å²) in [5, 5.41) is 10.4. The first-order valence-electron chi connectivity index (χ1n) is 9.90. The number of hydrogen-bond acceptors (Lipinski definition) is 5. The highest BCUT2D eigenvalue weighted by atomic mass is 35.5. The van der Waals surface area contributed by atoms with Crippen LogP contribution in [-0.2, 0) is 0 Å². The first kappa shape index (κ1) is 19.8. The third-order valence-electron chi connectivity index (χ3n) is 4.88. The number of nitrogens with zero attached hydrogens (tertiary/aromatic N) is 3. The zero-order valence-electron chi connectivity index (χ0n) is 16.8. The van der Waals surface area contributed by atoms with Crippen molar-refractivity contribution in [2.45, 2.75) is 0 Å². The molecular formula is C25H17ClN4O2. The number of nitrogens with one attached hydrogen (secondary N) is 1. The molecule has 0 spiro atoms. The number of para-hydroxylation sites is 2. The van der Waals surface area contributed by atoms with Crippen LogP contribution in [0.3, 0.4) is 0 Å². The Morgan fingerprint density at radius 2 is 1.78 bits per heavy atom. The average molecular weight is 441 g/mol. The van der Waals surface area contributed by atoms with Gasteiger partial charge in [0.05, 0.1) is 23.2 Å². The number of rotatable bonds is 5. The second-order valence-electron chi connectivity index (χ2n) is 7.08. The van der Waals surface area contributed by atoms with Gasteiger partial charge >= 0.3 is 5.63 Å². The van der Waals surface area contributed by atoms with E-state index in [0.717, 1.165) is 16.8 Å². The SMILES string of the molecule is O=c1oc2ccccc2cc1-c1nn(-c2ccccc2)cc1C=NNc1cccc(Cl)c1. The number of fused-ring (bicyclic) bond motifs is 1. The lowest BCUT2D eigenvalue weighted by Crippen LogP contribution is -2.05. The molecule has 156 valence electrons. The lowest BCUT2D eigenvalue weighted by Gasteiger charge is -2.02. The third kappa shape index (κ3) is 4.04. The zero-order valence-corrected chi connectivity index (χ0v) is 17.5. The Bertz CT molecular complexity index is 1490. The highest BCUT2D eigenvalue weighted by molar-refractivity contribution is 6.30. The van der Waals surface area contributed by atoms with Gasteiger partial charge in [-0.1, -0.05) is 54.1 Å². The lowest BCUT2D eigenvalue weighted by molar-refractivity contribution is 0.563. The van der Waals surface area contributed by atoms with E-state index in [2.05, 4.69) is 15.6 Å². The van der Waals surface area contributed by atoms with Gasteiger partial charge in [0.15, 0.2) is 0 Å². The summed E-state index contributed by atoms with van der Waals surface area (Å²) in [7, 11) is 0. The molecule has 7 heteroatoms. The molecule has 0 fully saturated rings. The fourth-order valence-electron chi connectivity index (χ4n) is 3.37. The van der Waals surface area contributed by atoms with Crippen LogP contribution in [0.15, 0.2) is 105 Å². The molecule has 6 nitrogen and oxygen atoms in total. The largest absolute Gasteiger partial charge is 0.422 e. The van der Waals surface area contributed by atoms with Crippen LogP contribution in [0.2, 0.25) is 5.02 Å². The Hall–Kier alpha value is -4.16. The fourth-order valence-corrected chi connectivity index (χ4v) is 3.56. The Balaban J connectivity index is 1.59. The second-order valence-corrected chi connectivity index (χ2v) is 7.52. The molecule has 5 rings (SSSR count). The predicted octanol–water partition coefficient (Wildman–Crippen LogP) is 5.75. The first-order chi connectivity index (χ1) is 15.7. The van der Waals surface area contributed by atoms with Gasteiger partial charge in [0.2, 0.25) is 0 Å². The van der Waals surface area contributed by atoms with Gasteiger partial charge in [-0.2, -0.15) is 10.2 Å². The minimum Gasteiger partial charge on any atom is -0.422 e. The van der Waals surface area contributed by atoms with Crippen LogP contribution < -0.4 is 11.1 Å². The van der Waals surface area contributed by atoms with Crippen LogP contribution in [-0.4, -0.2) is 16.0 Å². The molecule has 3 aromatic carbocycles. The van der Waals surface area contributed by atoms with Crippen molar-refractivity contribution < 1.29 is 4.42 Å². The number of hydrazone groups is 1. The summed E-state index contributed by atoms with van der Waals surface area (Å²) < 4.78 is 7.24. The van der Waals surface area contributed by atoms with Crippen molar-refractivity contribution in [3.05, 3.63) is 112 Å². The van der Waals surface area contributed by atoms with Crippen molar-refractivity contribution in [3.8, 4) is 16.9 Å². The molecule has 0 atom stereocenters. The molecule has 2 heterocycles. The maximum atomic E-state index is 12.8. The minimum atomic E-state index is -0.459. The summed E-state index contributed by atoms with van der Waals surface area (Å²) in [6.07, 6.45) is 3.44. The smallest absolute Gasteiger partial charge is 0.345 e. The third-order valence-corrected chi connectivity index (χ3v) is 5.12. The van der Waals surface area contributed by atoms with Gasteiger partial charge in [0.1, 0.15) is 11.3 Å². The highest BCUT2D eigenvalue weighted by Gasteiger charge is 2.16. The zero-order chi connectivity index (χ0) is 21.9. The van der Waals surface area contributed by atoms with Gasteiger partial charge in [-0.3, -0.25) is 5.43 Å². The average Bonchev–Trinajstić information content (AvgIpc) is 3.23. The molecule has 0 bridgehead atoms. The van der Waals surface area contributed by atoms with E-state index in [0.29, 0.717) is 27.4 Å². The standard InChI is InChI=1S/C25H17ClN4O2/c26-19-8-6-9-20(14-19)28-27-15-18-16-30(21-10-2-1-3-11-21)29-24(18)22-13-17-7-4-5-12-23(17)32-25(22)31/h1-16,28H. The molecule has 0 saturated carbocycles. The first-order valence-corrected chi connectivity index (χ1v) is 10.3. The summed E-state index contributed by atoms with van der Waals surface area (Å²) in [6, 6.07) is 26.1. The summed E-state index contributed by atoms with van der Waals surface area (Å²) in [5.41, 5.74) is 6.13. The number of hydrogen-bond donors (Lipinski definition) is 1. The molecule has 0 aliphatic carbocycles. The Morgan fingerprint density at radius 3 is 2.62 bits per heavy atom. The van der Waals surface area contributed by atoms with Gasteiger partial charge in [-0.05, 0) is 42.5 Å². The lowest BCUT2D eigenvalue weighted by atomic mass is 10.1. The van der Waals surface area contributed by atoms with E-state index in [4.69, 9.17) is 16.0 Å². The van der Waals surface area contributed by atoms with Gasteiger partial charge < -0.3 is 4.42 Å². The number of anilines is 1. The number of aromatic nitrogens is 2. The van der Waals surface area contributed by atoms with Gasteiger partial charge in [0, 0.05) is 22.2 Å². The molecule has 0 radical (unpaired) electrons. The van der Waals surface area contributed by atoms with E-state index in [1.807, 2.05) is 66.9 Å². The summed E-state index contributed by atoms with van der Waals surface area (Å²) in [5.74, 6) is 0. The van der Waals surface area contributed by atoms with Crippen molar-refractivity contribution in [1.29, 1.82) is 0 Å². The molecule has 0 aliphatic heterocycles. The molecule has 2 aromatic heterocycles. The van der Waals surface area contributed by atoms with Crippen molar-refractivity contribution in [3.63, 3.8) is 0 Å². The molecule has 5 aromatic rings. The van der Waals surface area contributed by atoms with Crippen LogP contribution in [0.1, 0.15) is 5.56 Å². The maximum Gasteiger partial charge on any atom is 0.345 e. The van der Waals surface area contributed by atoms with E-state index in [1.54, 1.807) is 35.2 Å². The van der Waals surface area contributed by atoms with E-state index < -0.39 is 5.63 Å². The Kier molecular flexibility index (Phi) is 5.27. The van der Waals surface area contributed by atoms with Gasteiger partial charge in [-0.15, -0.1) is 0 Å². The molecule has 0 aliphatic rings. The van der Waals surface area contributed by atoms with Crippen LogP contribution in [0.5, 0.6) is 0 Å². The summed E-state index contributed by atoms with van der Waals surface area (Å²) in [6.45, 7) is 0. The minimum absolute atomic E-state index is 0.364. The van der Waals surface area contributed by atoms with Crippen molar-refractivity contribution in [2.24, 2.45) is 5.10 Å².